The molecule has 3 heteroatoms. The van der Waals surface area contributed by atoms with Gasteiger partial charge in [0.15, 0.2) is 0 Å². The summed E-state index contributed by atoms with van der Waals surface area (Å²) < 4.78 is 0. The normalized spacial score (nSPS) is 13.8. The van der Waals surface area contributed by atoms with Gasteiger partial charge in [-0.25, -0.2) is 0 Å². The molecule has 0 aliphatic heterocycles. The predicted octanol–water partition coefficient (Wildman–Crippen LogP) is 22.3. The van der Waals surface area contributed by atoms with Crippen molar-refractivity contribution in [2.75, 3.05) is 9.80 Å². The standard InChI is InChI=1S/C78H58N2S/c1-77(2)69-47-51(35-43-65(69)67-45-37-57(49-71(67)77)79(73-29-13-21-53-17-5-9-25-61(53)73)74-30-14-22-54-18-6-10-26-62(54)74)33-39-59-41-42-60(81-59)40-34-52-36-44-66-68-46-38-58(50-72(68)78(3,4)70(66)48-52)80(75-31-15-23-55-19-7-11-27-63(55)75)76-32-16-24-56-20-8-12-28-64(56)76/h5-50H,1-4H3. The number of hydrogen-bond acceptors (Lipinski definition) is 3. The Morgan fingerprint density at radius 2 is 0.580 bits per heavy atom. The molecule has 0 radical (unpaired) electrons. The van der Waals surface area contributed by atoms with Crippen molar-refractivity contribution in [2.45, 2.75) is 38.5 Å². The van der Waals surface area contributed by atoms with Gasteiger partial charge in [0, 0.05) is 53.5 Å². The molecule has 1 heterocycles. The summed E-state index contributed by atoms with van der Waals surface area (Å²) in [4.78, 5) is 7.40. The molecule has 0 amide bonds. The molecular formula is C78H58N2S. The van der Waals surface area contributed by atoms with Crippen LogP contribution in [0.5, 0.6) is 0 Å². The van der Waals surface area contributed by atoms with E-state index in [4.69, 9.17) is 0 Å². The number of nitrogens with zero attached hydrogens (tertiary/aromatic N) is 2. The van der Waals surface area contributed by atoms with E-state index in [0.717, 1.165) is 11.4 Å². The molecule has 2 aliphatic rings. The van der Waals surface area contributed by atoms with Gasteiger partial charge in [-0.05, 0) is 150 Å². The molecule has 15 rings (SSSR count). The van der Waals surface area contributed by atoms with E-state index in [1.807, 2.05) is 11.3 Å². The topological polar surface area (TPSA) is 6.48 Å². The van der Waals surface area contributed by atoms with Crippen LogP contribution in [-0.2, 0) is 10.8 Å². The van der Waals surface area contributed by atoms with E-state index >= 15 is 0 Å². The molecule has 0 fully saturated rings. The molecule has 13 aromatic rings. The maximum Gasteiger partial charge on any atom is 0.0540 e. The van der Waals surface area contributed by atoms with Crippen LogP contribution in [0.4, 0.5) is 34.1 Å². The van der Waals surface area contributed by atoms with E-state index in [9.17, 15) is 0 Å². The fraction of sp³-hybridized carbons (Fsp3) is 0.0769. The molecule has 0 atom stereocenters. The highest BCUT2D eigenvalue weighted by Gasteiger charge is 2.38. The highest BCUT2D eigenvalue weighted by atomic mass is 32.1. The zero-order valence-corrected chi connectivity index (χ0v) is 46.7. The van der Waals surface area contributed by atoms with E-state index in [1.165, 1.54) is 131 Å². The quantitative estimate of drug-likeness (QED) is 0.135. The van der Waals surface area contributed by atoms with Crippen LogP contribution in [0, 0.1) is 0 Å². The lowest BCUT2D eigenvalue weighted by atomic mass is 9.81. The number of hydrogen-bond donors (Lipinski definition) is 0. The lowest BCUT2D eigenvalue weighted by Crippen LogP contribution is -2.17. The summed E-state index contributed by atoms with van der Waals surface area (Å²) in [5, 5.41) is 9.82. The van der Waals surface area contributed by atoms with E-state index in [1.54, 1.807) is 0 Å². The summed E-state index contributed by atoms with van der Waals surface area (Å²) in [7, 11) is 0. The van der Waals surface area contributed by atoms with Crippen molar-refractivity contribution in [2.24, 2.45) is 0 Å². The molecule has 81 heavy (non-hydrogen) atoms. The van der Waals surface area contributed by atoms with Crippen LogP contribution in [0.2, 0.25) is 0 Å². The molecule has 0 bridgehead atoms. The van der Waals surface area contributed by atoms with Crippen molar-refractivity contribution in [3.8, 4) is 22.3 Å². The highest BCUT2D eigenvalue weighted by molar-refractivity contribution is 7.13. The first kappa shape index (κ1) is 48.6. The predicted molar refractivity (Wildman–Crippen MR) is 350 cm³/mol. The smallest absolute Gasteiger partial charge is 0.0540 e. The molecule has 2 nitrogen and oxygen atoms in total. The van der Waals surface area contributed by atoms with Gasteiger partial charge in [-0.2, -0.15) is 0 Å². The largest absolute Gasteiger partial charge is 0.309 e. The Morgan fingerprint density at radius 1 is 0.284 bits per heavy atom. The summed E-state index contributed by atoms with van der Waals surface area (Å²) in [6, 6.07) is 94.3. The first-order valence-electron chi connectivity index (χ1n) is 28.2. The van der Waals surface area contributed by atoms with E-state index < -0.39 is 0 Å². The molecule has 0 N–H and O–H groups in total. The van der Waals surface area contributed by atoms with Crippen LogP contribution >= 0.6 is 11.3 Å². The van der Waals surface area contributed by atoms with Gasteiger partial charge in [-0.15, -0.1) is 11.3 Å². The molecule has 0 saturated heterocycles. The molecule has 0 unspecified atom stereocenters. The van der Waals surface area contributed by atoms with Gasteiger partial charge < -0.3 is 9.80 Å². The van der Waals surface area contributed by atoms with E-state index in [0.29, 0.717) is 0 Å². The Balaban J connectivity index is 0.690. The van der Waals surface area contributed by atoms with Crippen LogP contribution in [0.15, 0.2) is 255 Å². The van der Waals surface area contributed by atoms with Gasteiger partial charge >= 0.3 is 0 Å². The maximum atomic E-state index is 2.47. The minimum Gasteiger partial charge on any atom is -0.309 e. The van der Waals surface area contributed by atoms with Crippen LogP contribution < -0.4 is 9.80 Å². The molecule has 1 aromatic heterocycles. The SMILES string of the molecule is CC1(C)c2cc(C=Cc3ccc(C=Cc4ccc5c(c4)C(C)(C)c4cc(N(c6cccc7ccccc67)c6cccc7ccccc67)ccc4-5)s3)ccc2-c2ccc(N(c3cccc4ccccc34)c3cccc4ccccc34)cc21. The molecular weight excluding hydrogens is 997 g/mol. The average molecular weight is 1060 g/mol. The summed E-state index contributed by atoms with van der Waals surface area (Å²) in [5.74, 6) is 0. The summed E-state index contributed by atoms with van der Waals surface area (Å²) in [6.45, 7) is 9.55. The highest BCUT2D eigenvalue weighted by Crippen LogP contribution is 2.54. The molecule has 0 spiro atoms. The monoisotopic (exact) mass is 1050 g/mol. The van der Waals surface area contributed by atoms with Crippen LogP contribution in [0.1, 0.15) is 70.8 Å². The van der Waals surface area contributed by atoms with Gasteiger partial charge in [0.05, 0.1) is 22.7 Å². The molecule has 2 aliphatic carbocycles. The fourth-order valence-corrected chi connectivity index (χ4v) is 14.1. The van der Waals surface area contributed by atoms with Gasteiger partial charge in [0.25, 0.3) is 0 Å². The number of rotatable bonds is 10. The maximum absolute atomic E-state index is 2.47. The van der Waals surface area contributed by atoms with Gasteiger partial charge in [0.2, 0.25) is 0 Å². The second-order valence-electron chi connectivity index (χ2n) is 22.9. The van der Waals surface area contributed by atoms with Crippen molar-refractivity contribution < 1.29 is 0 Å². The molecule has 0 saturated carbocycles. The number of anilines is 6. The molecule has 386 valence electrons. The number of fused-ring (bicyclic) bond motifs is 10. The Hall–Kier alpha value is -9.54. The van der Waals surface area contributed by atoms with Crippen molar-refractivity contribution >= 4 is 113 Å². The third-order valence-corrected chi connectivity index (χ3v) is 18.5. The average Bonchev–Trinajstić information content (AvgIpc) is 3.38. The third kappa shape index (κ3) is 8.14. The van der Waals surface area contributed by atoms with E-state index in [2.05, 4.69) is 317 Å². The summed E-state index contributed by atoms with van der Waals surface area (Å²) in [5.41, 5.74) is 19.7. The first-order valence-corrected chi connectivity index (χ1v) is 29.0. The zero-order valence-electron chi connectivity index (χ0n) is 45.9. The van der Waals surface area contributed by atoms with Crippen LogP contribution in [-0.4, -0.2) is 0 Å². The van der Waals surface area contributed by atoms with Crippen molar-refractivity contribution in [3.05, 3.63) is 298 Å². The first-order chi connectivity index (χ1) is 39.7. The molecule has 12 aromatic carbocycles. The van der Waals surface area contributed by atoms with Crippen molar-refractivity contribution in [1.82, 2.24) is 0 Å². The van der Waals surface area contributed by atoms with Gasteiger partial charge in [0.1, 0.15) is 0 Å². The number of benzene rings is 12. The van der Waals surface area contributed by atoms with Gasteiger partial charge in [-0.1, -0.05) is 234 Å². The van der Waals surface area contributed by atoms with Crippen molar-refractivity contribution in [1.29, 1.82) is 0 Å². The number of thiophene rings is 1. The lowest BCUT2D eigenvalue weighted by Gasteiger charge is -2.30. The lowest BCUT2D eigenvalue weighted by molar-refractivity contribution is 0.660. The Morgan fingerprint density at radius 3 is 0.926 bits per heavy atom. The Labute approximate surface area is 478 Å². The minimum absolute atomic E-state index is 0.204. The zero-order chi connectivity index (χ0) is 54.4. The van der Waals surface area contributed by atoms with Crippen LogP contribution in [0.25, 0.3) is 89.6 Å². The van der Waals surface area contributed by atoms with Gasteiger partial charge in [-0.3, -0.25) is 0 Å². The third-order valence-electron chi connectivity index (χ3n) is 17.4. The van der Waals surface area contributed by atoms with Crippen molar-refractivity contribution in [3.63, 3.8) is 0 Å². The fourth-order valence-electron chi connectivity index (χ4n) is 13.3. The van der Waals surface area contributed by atoms with Crippen LogP contribution in [0.3, 0.4) is 0 Å². The second-order valence-corrected chi connectivity index (χ2v) is 24.0. The Kier molecular flexibility index (Phi) is 11.4. The minimum atomic E-state index is -0.204. The summed E-state index contributed by atoms with van der Waals surface area (Å²) >= 11 is 1.82. The van der Waals surface area contributed by atoms with E-state index in [-0.39, 0.29) is 10.8 Å². The second kappa shape index (κ2) is 19.1. The Bertz CT molecular complexity index is 4260. The summed E-state index contributed by atoms with van der Waals surface area (Å²) in [6.07, 6.45) is 9.10.